The van der Waals surface area contributed by atoms with Gasteiger partial charge in [0.2, 0.25) is 0 Å². The van der Waals surface area contributed by atoms with E-state index in [1.165, 1.54) is 26.9 Å². The maximum absolute atomic E-state index is 12.8. The van der Waals surface area contributed by atoms with Gasteiger partial charge in [0.05, 0.1) is 12.9 Å². The van der Waals surface area contributed by atoms with Crippen LogP contribution in [0.1, 0.15) is 20.1 Å². The lowest BCUT2D eigenvalue weighted by Crippen LogP contribution is -2.45. The van der Waals surface area contributed by atoms with E-state index in [9.17, 15) is 4.79 Å². The van der Waals surface area contributed by atoms with E-state index in [0.29, 0.717) is 11.2 Å². The number of fused-ring (bicyclic) bond motifs is 2. The standard InChI is InChI=1S/C17H24N6O6/c1-17(2)28-10-11(15(24)19-5-8(25-3)26-4)27-16(12(10)29-17)23-7-22-9-13(18)20-6-21-14(9)23/h6-8,10-12,16H,5H2,1-4H3,(H,19,24)(H2,18,20,21). The molecule has 29 heavy (non-hydrogen) atoms. The maximum atomic E-state index is 12.8. The highest BCUT2D eigenvalue weighted by Crippen LogP contribution is 2.43. The highest BCUT2D eigenvalue weighted by atomic mass is 16.8. The number of nitrogens with zero attached hydrogens (tertiary/aromatic N) is 4. The molecule has 1 amide bonds. The molecule has 2 aromatic heterocycles. The Morgan fingerprint density at radius 3 is 2.72 bits per heavy atom. The van der Waals surface area contributed by atoms with Gasteiger partial charge in [0, 0.05) is 14.2 Å². The second-order valence-electron chi connectivity index (χ2n) is 7.24. The minimum Gasteiger partial charge on any atom is -0.382 e. The van der Waals surface area contributed by atoms with Crippen LogP contribution in [-0.2, 0) is 28.5 Å². The van der Waals surface area contributed by atoms with E-state index in [1.54, 1.807) is 18.4 Å². The summed E-state index contributed by atoms with van der Waals surface area (Å²) < 4.78 is 29.9. The first-order valence-corrected chi connectivity index (χ1v) is 9.12. The number of rotatable bonds is 6. The van der Waals surface area contributed by atoms with Gasteiger partial charge in [0.25, 0.3) is 5.91 Å². The third-order valence-electron chi connectivity index (χ3n) is 4.92. The normalized spacial score (nSPS) is 28.2. The predicted molar refractivity (Wildman–Crippen MR) is 98.3 cm³/mol. The first kappa shape index (κ1) is 19.9. The molecule has 4 heterocycles. The van der Waals surface area contributed by atoms with Crippen LogP contribution >= 0.6 is 0 Å². The molecular weight excluding hydrogens is 384 g/mol. The number of ether oxygens (including phenoxy) is 5. The van der Waals surface area contributed by atoms with Crippen LogP contribution in [0.15, 0.2) is 12.7 Å². The number of aromatic nitrogens is 4. The van der Waals surface area contributed by atoms with Crippen LogP contribution in [0.25, 0.3) is 11.2 Å². The molecule has 4 rings (SSSR count). The average Bonchev–Trinajstić information content (AvgIpc) is 3.33. The Balaban J connectivity index is 1.61. The van der Waals surface area contributed by atoms with Crippen molar-refractivity contribution in [2.75, 3.05) is 26.5 Å². The van der Waals surface area contributed by atoms with Crippen LogP contribution in [0.5, 0.6) is 0 Å². The van der Waals surface area contributed by atoms with Crippen molar-refractivity contribution in [1.29, 1.82) is 0 Å². The molecule has 0 bridgehead atoms. The van der Waals surface area contributed by atoms with Gasteiger partial charge in [-0.1, -0.05) is 0 Å². The van der Waals surface area contributed by atoms with E-state index in [-0.39, 0.29) is 18.3 Å². The smallest absolute Gasteiger partial charge is 0.252 e. The number of methoxy groups -OCH3 is 2. The van der Waals surface area contributed by atoms with Gasteiger partial charge in [0.15, 0.2) is 35.9 Å². The summed E-state index contributed by atoms with van der Waals surface area (Å²) in [6.45, 7) is 3.74. The largest absolute Gasteiger partial charge is 0.382 e. The Kier molecular flexibility index (Phi) is 5.12. The first-order chi connectivity index (χ1) is 13.8. The molecule has 12 heteroatoms. The van der Waals surface area contributed by atoms with Crippen LogP contribution in [0.3, 0.4) is 0 Å². The number of nitrogens with two attached hydrogens (primary N) is 1. The van der Waals surface area contributed by atoms with Crippen molar-refractivity contribution >= 4 is 22.9 Å². The van der Waals surface area contributed by atoms with Gasteiger partial charge in [0.1, 0.15) is 24.1 Å². The molecule has 0 aliphatic carbocycles. The number of nitrogen functional groups attached to an aromatic ring is 1. The van der Waals surface area contributed by atoms with Crippen molar-refractivity contribution in [3.63, 3.8) is 0 Å². The van der Waals surface area contributed by atoms with E-state index in [1.807, 2.05) is 0 Å². The van der Waals surface area contributed by atoms with Crippen molar-refractivity contribution in [1.82, 2.24) is 24.8 Å². The van der Waals surface area contributed by atoms with E-state index in [2.05, 4.69) is 20.3 Å². The van der Waals surface area contributed by atoms with E-state index in [4.69, 9.17) is 29.4 Å². The summed E-state index contributed by atoms with van der Waals surface area (Å²) in [4.78, 5) is 25.3. The predicted octanol–water partition coefficient (Wildman–Crippen LogP) is -0.439. The van der Waals surface area contributed by atoms with Crippen molar-refractivity contribution in [3.8, 4) is 0 Å². The molecule has 2 saturated heterocycles. The molecule has 4 unspecified atom stereocenters. The minimum atomic E-state index is -0.905. The zero-order valence-electron chi connectivity index (χ0n) is 16.6. The topological polar surface area (TPSA) is 145 Å². The second kappa shape index (κ2) is 7.46. The molecule has 158 valence electrons. The molecule has 3 N–H and O–H groups in total. The number of amides is 1. The average molecular weight is 408 g/mol. The number of anilines is 1. The van der Waals surface area contributed by atoms with Gasteiger partial charge in [-0.3, -0.25) is 9.36 Å². The summed E-state index contributed by atoms with van der Waals surface area (Å²) in [6, 6.07) is 0. The third-order valence-corrected chi connectivity index (χ3v) is 4.92. The summed E-state index contributed by atoms with van der Waals surface area (Å²) in [6.07, 6.45) is -0.433. The number of carbonyl (C=O) groups excluding carboxylic acids is 1. The fraction of sp³-hybridized carbons (Fsp3) is 0.647. The molecule has 2 aliphatic rings. The van der Waals surface area contributed by atoms with E-state index >= 15 is 0 Å². The minimum absolute atomic E-state index is 0.162. The first-order valence-electron chi connectivity index (χ1n) is 9.12. The second-order valence-corrected chi connectivity index (χ2v) is 7.24. The summed E-state index contributed by atoms with van der Waals surface area (Å²) in [7, 11) is 2.99. The lowest BCUT2D eigenvalue weighted by Gasteiger charge is -2.24. The van der Waals surface area contributed by atoms with Gasteiger partial charge in [-0.2, -0.15) is 0 Å². The van der Waals surface area contributed by atoms with Crippen LogP contribution in [-0.4, -0.2) is 76.6 Å². The van der Waals surface area contributed by atoms with Crippen LogP contribution in [0, 0.1) is 0 Å². The maximum Gasteiger partial charge on any atom is 0.252 e. The molecule has 2 aliphatic heterocycles. The molecule has 0 spiro atoms. The molecule has 4 atom stereocenters. The fourth-order valence-corrected chi connectivity index (χ4v) is 3.62. The van der Waals surface area contributed by atoms with Crippen LogP contribution in [0.4, 0.5) is 5.82 Å². The highest BCUT2D eigenvalue weighted by Gasteiger charge is 2.58. The molecule has 2 aromatic rings. The van der Waals surface area contributed by atoms with Crippen LogP contribution in [0.2, 0.25) is 0 Å². The van der Waals surface area contributed by atoms with Crippen molar-refractivity contribution in [2.24, 2.45) is 0 Å². The zero-order valence-corrected chi connectivity index (χ0v) is 16.6. The number of carbonyl (C=O) groups is 1. The Morgan fingerprint density at radius 1 is 1.28 bits per heavy atom. The van der Waals surface area contributed by atoms with E-state index in [0.717, 1.165) is 0 Å². The Hall–Kier alpha value is -2.38. The molecule has 12 nitrogen and oxygen atoms in total. The van der Waals surface area contributed by atoms with Gasteiger partial charge < -0.3 is 34.7 Å². The van der Waals surface area contributed by atoms with Crippen molar-refractivity contribution in [3.05, 3.63) is 12.7 Å². The lowest BCUT2D eigenvalue weighted by molar-refractivity contribution is -0.198. The van der Waals surface area contributed by atoms with Crippen LogP contribution < -0.4 is 11.1 Å². The fourth-order valence-electron chi connectivity index (χ4n) is 3.62. The number of hydrogen-bond acceptors (Lipinski definition) is 10. The molecule has 0 radical (unpaired) electrons. The zero-order chi connectivity index (χ0) is 20.8. The number of nitrogens with one attached hydrogen (secondary N) is 1. The number of imidazole rings is 1. The monoisotopic (exact) mass is 408 g/mol. The Labute approximate surface area is 166 Å². The SMILES string of the molecule is COC(CNC(=O)C1OC(n2cnc3c(N)ncnc32)C2OC(C)(C)OC12)OC. The van der Waals surface area contributed by atoms with Crippen molar-refractivity contribution in [2.45, 2.75) is 50.5 Å². The third kappa shape index (κ3) is 3.53. The van der Waals surface area contributed by atoms with Crippen molar-refractivity contribution < 1.29 is 28.5 Å². The van der Waals surface area contributed by atoms with Gasteiger partial charge in [-0.25, -0.2) is 15.0 Å². The Bertz CT molecular complexity index is 900. The summed E-state index contributed by atoms with van der Waals surface area (Å²) >= 11 is 0. The highest BCUT2D eigenvalue weighted by molar-refractivity contribution is 5.83. The van der Waals surface area contributed by atoms with Gasteiger partial charge in [-0.15, -0.1) is 0 Å². The summed E-state index contributed by atoms with van der Waals surface area (Å²) in [5, 5.41) is 2.76. The Morgan fingerprint density at radius 2 is 2.00 bits per heavy atom. The molecule has 0 aromatic carbocycles. The summed E-state index contributed by atoms with van der Waals surface area (Å²) in [5.74, 6) is -0.977. The number of hydrogen-bond donors (Lipinski definition) is 2. The van der Waals surface area contributed by atoms with Gasteiger partial charge >= 0.3 is 0 Å². The van der Waals surface area contributed by atoms with E-state index < -0.39 is 36.6 Å². The summed E-state index contributed by atoms with van der Waals surface area (Å²) in [5.41, 5.74) is 6.80. The molecule has 0 saturated carbocycles. The molecular formula is C17H24N6O6. The molecule has 2 fully saturated rings. The lowest BCUT2D eigenvalue weighted by atomic mass is 10.1. The van der Waals surface area contributed by atoms with Gasteiger partial charge in [-0.05, 0) is 13.8 Å². The quantitative estimate of drug-likeness (QED) is 0.603.